The van der Waals surface area contributed by atoms with Crippen molar-refractivity contribution in [1.82, 2.24) is 14.6 Å². The Labute approximate surface area is 253 Å². The van der Waals surface area contributed by atoms with Crippen molar-refractivity contribution < 1.29 is 23.1 Å². The predicted molar refractivity (Wildman–Crippen MR) is 166 cm³/mol. The van der Waals surface area contributed by atoms with E-state index in [-0.39, 0.29) is 30.0 Å². The number of nitrogens with one attached hydrogen (secondary N) is 2. The number of aromatic amines is 1. The van der Waals surface area contributed by atoms with Gasteiger partial charge in [0, 0.05) is 51.5 Å². The van der Waals surface area contributed by atoms with Crippen molar-refractivity contribution in [1.29, 1.82) is 0 Å². The lowest BCUT2D eigenvalue weighted by Gasteiger charge is -2.38. The minimum atomic E-state index is -2.39. The van der Waals surface area contributed by atoms with Crippen molar-refractivity contribution >= 4 is 65.2 Å². The minimum absolute atomic E-state index is 0.0861. The molecule has 1 amide bonds. The van der Waals surface area contributed by atoms with E-state index in [0.717, 1.165) is 11.1 Å². The van der Waals surface area contributed by atoms with Crippen LogP contribution in [0.2, 0.25) is 0 Å². The summed E-state index contributed by atoms with van der Waals surface area (Å²) in [5.74, 6) is -1.64. The van der Waals surface area contributed by atoms with Crippen LogP contribution in [-0.4, -0.2) is 45.9 Å². The summed E-state index contributed by atoms with van der Waals surface area (Å²) >= 11 is 7.91. The second-order valence-electron chi connectivity index (χ2n) is 9.21. The molecule has 3 aromatic rings. The Morgan fingerprint density at radius 3 is 2.62 bits per heavy atom. The molecule has 7 nitrogen and oxygen atoms in total. The number of rotatable bonds is 9. The summed E-state index contributed by atoms with van der Waals surface area (Å²) < 4.78 is 34.8. The molecule has 2 heterocycles. The fourth-order valence-corrected chi connectivity index (χ4v) is 6.92. The lowest BCUT2D eigenvalue weighted by atomic mass is 9.87. The normalized spacial score (nSPS) is 17.4. The molecule has 40 heavy (non-hydrogen) atoms. The number of carbonyl (C=O) groups is 2. The van der Waals surface area contributed by atoms with E-state index in [0.29, 0.717) is 30.6 Å². The molecule has 212 valence electrons. The van der Waals surface area contributed by atoms with Gasteiger partial charge < -0.3 is 14.6 Å². The molecule has 2 atom stereocenters. The summed E-state index contributed by atoms with van der Waals surface area (Å²) in [5.41, 5.74) is 2.79. The third kappa shape index (κ3) is 7.20. The third-order valence-electron chi connectivity index (χ3n) is 6.78. The lowest BCUT2D eigenvalue weighted by Crippen LogP contribution is -2.43. The summed E-state index contributed by atoms with van der Waals surface area (Å²) in [6.07, 6.45) is -0.0381. The van der Waals surface area contributed by atoms with E-state index in [2.05, 4.69) is 35.8 Å². The summed E-state index contributed by atoms with van der Waals surface area (Å²) in [7, 11) is 1.51. The molecule has 1 aliphatic rings. The molecule has 1 aromatic heterocycles. The molecule has 0 aliphatic carbocycles. The van der Waals surface area contributed by atoms with Gasteiger partial charge in [-0.15, -0.1) is 0 Å². The van der Waals surface area contributed by atoms with E-state index >= 15 is 0 Å². The Morgan fingerprint density at radius 2 is 1.93 bits per heavy atom. The Kier molecular flexibility index (Phi) is 10.9. The Morgan fingerprint density at radius 1 is 1.20 bits per heavy atom. The standard InChI is InChI=1S/C28H29F2IN4O3S2/c1-2-38-27(37)24-22(12-14-32-24)34(28(39)33-26(36)18-8-4-3-5-9-18)17-20-10-6-7-11-21(20)23-16-19(25(29)30)13-15-35(23)40-31/h3-12,14,19,23,25,32H,2,13,15-17H2,1H3,(H,33,36,39). The number of alkyl halides is 2. The molecule has 2 N–H and O–H groups in total. The second-order valence-corrected chi connectivity index (χ2v) is 11.4. The number of hydrogen-bond donors (Lipinski definition) is 2. The number of anilines is 1. The highest BCUT2D eigenvalue weighted by molar-refractivity contribution is 14.2. The van der Waals surface area contributed by atoms with Crippen molar-refractivity contribution in [2.45, 2.75) is 38.8 Å². The average molecular weight is 699 g/mol. The van der Waals surface area contributed by atoms with E-state index in [1.807, 2.05) is 30.3 Å². The first-order valence-electron chi connectivity index (χ1n) is 12.8. The number of piperidine rings is 1. The molecule has 0 radical (unpaired) electrons. The van der Waals surface area contributed by atoms with Gasteiger partial charge in [0.1, 0.15) is 5.69 Å². The van der Waals surface area contributed by atoms with Crippen LogP contribution in [0.1, 0.15) is 57.8 Å². The van der Waals surface area contributed by atoms with Crippen LogP contribution in [0.3, 0.4) is 0 Å². The Balaban J connectivity index is 1.70. The van der Waals surface area contributed by atoms with Crippen LogP contribution in [-0.2, 0) is 11.3 Å². The fraction of sp³-hybridized carbons (Fsp3) is 0.321. The zero-order valence-electron chi connectivity index (χ0n) is 21.7. The quantitative estimate of drug-likeness (QED) is 0.109. The molecule has 12 heteroatoms. The van der Waals surface area contributed by atoms with Gasteiger partial charge >= 0.3 is 5.97 Å². The first-order chi connectivity index (χ1) is 19.3. The largest absolute Gasteiger partial charge is 0.461 e. The molecular weight excluding hydrogens is 669 g/mol. The van der Waals surface area contributed by atoms with Crippen molar-refractivity contribution in [3.8, 4) is 0 Å². The van der Waals surface area contributed by atoms with Gasteiger partial charge in [-0.05, 0) is 70.4 Å². The number of amides is 1. The predicted octanol–water partition coefficient (Wildman–Crippen LogP) is 6.93. The fourth-order valence-electron chi connectivity index (χ4n) is 4.78. The third-order valence-corrected chi connectivity index (χ3v) is 9.23. The Hall–Kier alpha value is -2.55. The van der Waals surface area contributed by atoms with Gasteiger partial charge in [0.25, 0.3) is 5.91 Å². The molecule has 0 spiro atoms. The number of thiocarbonyl (C=S) groups is 1. The van der Waals surface area contributed by atoms with Crippen LogP contribution in [0.25, 0.3) is 0 Å². The Bertz CT molecular complexity index is 1330. The number of aromatic nitrogens is 1. The zero-order chi connectivity index (χ0) is 28.6. The van der Waals surface area contributed by atoms with Crippen LogP contribution in [0.5, 0.6) is 0 Å². The first-order valence-corrected chi connectivity index (χ1v) is 16.5. The molecule has 2 unspecified atom stereocenters. The maximum absolute atomic E-state index is 13.7. The van der Waals surface area contributed by atoms with E-state index in [4.69, 9.17) is 17.0 Å². The summed E-state index contributed by atoms with van der Waals surface area (Å²) in [5, 5.41) is 2.87. The van der Waals surface area contributed by atoms with Crippen LogP contribution in [0, 0.1) is 5.92 Å². The van der Waals surface area contributed by atoms with Crippen LogP contribution in [0.4, 0.5) is 14.5 Å². The number of hydrogen-bond acceptors (Lipinski definition) is 6. The highest BCUT2D eigenvalue weighted by Gasteiger charge is 2.35. The van der Waals surface area contributed by atoms with Crippen molar-refractivity contribution in [2.75, 3.05) is 18.1 Å². The molecule has 0 saturated carbocycles. The van der Waals surface area contributed by atoms with Crippen LogP contribution in [0.15, 0.2) is 66.9 Å². The molecule has 0 bridgehead atoms. The SMILES string of the molecule is CCOC(=O)c1[nH]ccc1N(Cc1ccccc1C1CC(C(F)F)CCN1SI)C(=S)NC(=O)c1ccccc1. The second kappa shape index (κ2) is 14.4. The number of benzene rings is 2. The number of H-pyrrole nitrogens is 1. The zero-order valence-corrected chi connectivity index (χ0v) is 25.5. The van der Waals surface area contributed by atoms with Crippen LogP contribution >= 0.6 is 42.5 Å². The van der Waals surface area contributed by atoms with Gasteiger partial charge in [0.05, 0.1) is 18.8 Å². The maximum atomic E-state index is 13.7. The monoisotopic (exact) mass is 698 g/mol. The van der Waals surface area contributed by atoms with E-state index < -0.39 is 24.2 Å². The molecule has 1 saturated heterocycles. The molecule has 1 aliphatic heterocycles. The van der Waals surface area contributed by atoms with Gasteiger partial charge in [-0.25, -0.2) is 17.9 Å². The number of carbonyl (C=O) groups excluding carboxylic acids is 2. The summed E-state index contributed by atoms with van der Waals surface area (Å²) in [4.78, 5) is 30.3. The van der Waals surface area contributed by atoms with Gasteiger partial charge in [-0.1, -0.05) is 42.5 Å². The van der Waals surface area contributed by atoms with Crippen molar-refractivity contribution in [3.63, 3.8) is 0 Å². The van der Waals surface area contributed by atoms with Gasteiger partial charge in [-0.3, -0.25) is 10.1 Å². The summed E-state index contributed by atoms with van der Waals surface area (Å²) in [6.45, 7) is 2.63. The van der Waals surface area contributed by atoms with Gasteiger partial charge in [-0.2, -0.15) is 0 Å². The summed E-state index contributed by atoms with van der Waals surface area (Å²) in [6, 6.07) is 17.8. The van der Waals surface area contributed by atoms with Gasteiger partial charge in [0.15, 0.2) is 5.11 Å². The van der Waals surface area contributed by atoms with Crippen LogP contribution < -0.4 is 10.2 Å². The highest BCUT2D eigenvalue weighted by Crippen LogP contribution is 2.43. The number of esters is 1. The molecule has 2 aromatic carbocycles. The molecule has 1 fully saturated rings. The van der Waals surface area contributed by atoms with Gasteiger partial charge in [0.2, 0.25) is 6.43 Å². The number of halogens is 3. The van der Waals surface area contributed by atoms with Crippen molar-refractivity contribution in [3.05, 3.63) is 89.2 Å². The smallest absolute Gasteiger partial charge is 0.356 e. The topological polar surface area (TPSA) is 77.7 Å². The number of nitrogens with zero attached hydrogens (tertiary/aromatic N) is 2. The first kappa shape index (κ1) is 30.4. The lowest BCUT2D eigenvalue weighted by molar-refractivity contribution is 0.0349. The van der Waals surface area contributed by atoms with E-state index in [1.165, 1.54) is 9.12 Å². The molecule has 4 rings (SSSR count). The van der Waals surface area contributed by atoms with Crippen molar-refractivity contribution in [2.24, 2.45) is 5.92 Å². The van der Waals surface area contributed by atoms with E-state index in [1.54, 1.807) is 48.4 Å². The maximum Gasteiger partial charge on any atom is 0.356 e. The highest BCUT2D eigenvalue weighted by atomic mass is 127. The number of ether oxygens (including phenoxy) is 1. The molecular formula is C28H29F2IN4O3S2. The van der Waals surface area contributed by atoms with E-state index in [9.17, 15) is 18.4 Å². The minimum Gasteiger partial charge on any atom is -0.461 e. The average Bonchev–Trinajstić information content (AvgIpc) is 3.46.